The Kier molecular flexibility index (Phi) is 3.59. The van der Waals surface area contributed by atoms with Gasteiger partial charge in [-0.3, -0.25) is 4.79 Å². The van der Waals surface area contributed by atoms with Gasteiger partial charge >= 0.3 is 0 Å². The standard InChI is InChI=1S/C14H16O5/c1-7(6-15)13-14(18-3)10-4-11(17)9(8(2)16)5-12(10)19-13/h4-5,13-15,17H,1,6H2,2-3H3/t13-,14+/m1/s1. The number of benzene rings is 1. The lowest BCUT2D eigenvalue weighted by Gasteiger charge is -2.18. The highest BCUT2D eigenvalue weighted by molar-refractivity contribution is 5.97. The van der Waals surface area contributed by atoms with Gasteiger partial charge in [0, 0.05) is 12.7 Å². The number of hydrogen-bond acceptors (Lipinski definition) is 5. The molecular formula is C14H16O5. The molecule has 1 heterocycles. The van der Waals surface area contributed by atoms with Gasteiger partial charge in [0.1, 0.15) is 17.6 Å². The number of Topliss-reactive ketones (excluding diaryl/α,β-unsaturated/α-hetero) is 1. The molecule has 0 saturated carbocycles. The third-order valence-corrected chi connectivity index (χ3v) is 3.20. The Morgan fingerprint density at radius 1 is 1.53 bits per heavy atom. The van der Waals surface area contributed by atoms with E-state index in [1.165, 1.54) is 26.2 Å². The molecule has 0 fully saturated rings. The smallest absolute Gasteiger partial charge is 0.163 e. The Morgan fingerprint density at radius 3 is 2.74 bits per heavy atom. The fraction of sp³-hybridized carbons (Fsp3) is 0.357. The quantitative estimate of drug-likeness (QED) is 0.638. The summed E-state index contributed by atoms with van der Waals surface area (Å²) in [4.78, 5) is 11.4. The lowest BCUT2D eigenvalue weighted by molar-refractivity contribution is 0.0397. The first-order chi connectivity index (χ1) is 8.99. The number of phenolic OH excluding ortho intramolecular Hbond substituents is 1. The predicted molar refractivity (Wildman–Crippen MR) is 68.5 cm³/mol. The molecule has 0 aromatic heterocycles. The van der Waals surface area contributed by atoms with Gasteiger partial charge in [-0.05, 0) is 24.6 Å². The van der Waals surface area contributed by atoms with Crippen molar-refractivity contribution in [2.75, 3.05) is 13.7 Å². The van der Waals surface area contributed by atoms with Crippen molar-refractivity contribution in [2.24, 2.45) is 0 Å². The average Bonchev–Trinajstić information content (AvgIpc) is 2.73. The van der Waals surface area contributed by atoms with Gasteiger partial charge in [0.25, 0.3) is 0 Å². The van der Waals surface area contributed by atoms with Gasteiger partial charge < -0.3 is 19.7 Å². The Morgan fingerprint density at radius 2 is 2.21 bits per heavy atom. The SMILES string of the molecule is C=C(CO)[C@H]1Oc2cc(C(C)=O)c(O)cc2[C@@H]1OC. The number of ether oxygens (including phenoxy) is 2. The molecule has 0 aliphatic carbocycles. The van der Waals surface area contributed by atoms with Crippen LogP contribution in [-0.2, 0) is 4.74 Å². The molecule has 0 bridgehead atoms. The summed E-state index contributed by atoms with van der Waals surface area (Å²) in [5.41, 5.74) is 1.32. The van der Waals surface area contributed by atoms with Crippen LogP contribution in [0.25, 0.3) is 0 Å². The molecule has 2 N–H and O–H groups in total. The number of aliphatic hydroxyl groups is 1. The molecule has 5 nitrogen and oxygen atoms in total. The van der Waals surface area contributed by atoms with E-state index in [1.54, 1.807) is 0 Å². The molecule has 0 amide bonds. The van der Waals surface area contributed by atoms with Gasteiger partial charge in [0.2, 0.25) is 0 Å². The van der Waals surface area contributed by atoms with Crippen molar-refractivity contribution in [1.29, 1.82) is 0 Å². The van der Waals surface area contributed by atoms with E-state index in [4.69, 9.17) is 14.6 Å². The molecule has 102 valence electrons. The number of carbonyl (C=O) groups excluding carboxylic acids is 1. The fourth-order valence-electron chi connectivity index (χ4n) is 2.19. The summed E-state index contributed by atoms with van der Waals surface area (Å²) in [5, 5.41) is 19.0. The summed E-state index contributed by atoms with van der Waals surface area (Å²) in [6.07, 6.45) is -0.979. The number of aromatic hydroxyl groups is 1. The number of hydrogen-bond donors (Lipinski definition) is 2. The normalized spacial score (nSPS) is 20.8. The summed E-state index contributed by atoms with van der Waals surface area (Å²) in [7, 11) is 1.51. The van der Waals surface area contributed by atoms with E-state index in [1.807, 2.05) is 0 Å². The highest BCUT2D eigenvalue weighted by Gasteiger charge is 2.37. The van der Waals surface area contributed by atoms with E-state index >= 15 is 0 Å². The van der Waals surface area contributed by atoms with E-state index in [0.717, 1.165) is 0 Å². The molecule has 2 rings (SSSR count). The Balaban J connectivity index is 2.46. The Bertz CT molecular complexity index is 535. The van der Waals surface area contributed by atoms with Crippen molar-refractivity contribution < 1.29 is 24.5 Å². The van der Waals surface area contributed by atoms with Crippen LogP contribution >= 0.6 is 0 Å². The number of aliphatic hydroxyl groups excluding tert-OH is 1. The lowest BCUT2D eigenvalue weighted by atomic mass is 9.99. The maximum absolute atomic E-state index is 11.4. The summed E-state index contributed by atoms with van der Waals surface area (Å²) >= 11 is 0. The third kappa shape index (κ3) is 2.22. The maximum atomic E-state index is 11.4. The van der Waals surface area contributed by atoms with Crippen LogP contribution in [0, 0.1) is 0 Å². The van der Waals surface area contributed by atoms with Crippen molar-refractivity contribution in [3.05, 3.63) is 35.4 Å². The molecule has 1 aromatic rings. The number of fused-ring (bicyclic) bond motifs is 1. The monoisotopic (exact) mass is 264 g/mol. The molecule has 0 spiro atoms. The van der Waals surface area contributed by atoms with Gasteiger partial charge in [-0.15, -0.1) is 0 Å². The Hall–Kier alpha value is -1.85. The van der Waals surface area contributed by atoms with Crippen molar-refractivity contribution >= 4 is 5.78 Å². The largest absolute Gasteiger partial charge is 0.507 e. The summed E-state index contributed by atoms with van der Waals surface area (Å²) in [5.74, 6) is 0.115. The van der Waals surface area contributed by atoms with Crippen molar-refractivity contribution in [2.45, 2.75) is 19.1 Å². The molecule has 1 aliphatic heterocycles. The second-order valence-electron chi connectivity index (χ2n) is 4.47. The van der Waals surface area contributed by atoms with E-state index in [-0.39, 0.29) is 23.7 Å². The predicted octanol–water partition coefficient (Wildman–Crippen LogP) is 1.59. The van der Waals surface area contributed by atoms with Gasteiger partial charge in [-0.1, -0.05) is 6.58 Å². The molecule has 0 unspecified atom stereocenters. The van der Waals surface area contributed by atoms with Gasteiger partial charge in [0.15, 0.2) is 11.9 Å². The van der Waals surface area contributed by atoms with E-state index < -0.39 is 12.2 Å². The van der Waals surface area contributed by atoms with Gasteiger partial charge in [0.05, 0.1) is 12.2 Å². The average molecular weight is 264 g/mol. The van der Waals surface area contributed by atoms with Crippen molar-refractivity contribution in [3.63, 3.8) is 0 Å². The van der Waals surface area contributed by atoms with Crippen LogP contribution in [0.5, 0.6) is 11.5 Å². The second-order valence-corrected chi connectivity index (χ2v) is 4.47. The van der Waals surface area contributed by atoms with Crippen molar-refractivity contribution in [1.82, 2.24) is 0 Å². The fourth-order valence-corrected chi connectivity index (χ4v) is 2.19. The highest BCUT2D eigenvalue weighted by Crippen LogP contribution is 2.43. The number of carbonyl (C=O) groups is 1. The number of ketones is 1. The molecule has 0 saturated heterocycles. The number of phenols is 1. The molecular weight excluding hydrogens is 248 g/mol. The van der Waals surface area contributed by atoms with Crippen molar-refractivity contribution in [3.8, 4) is 11.5 Å². The number of methoxy groups -OCH3 is 1. The van der Waals surface area contributed by atoms with Crippen LogP contribution in [0.3, 0.4) is 0 Å². The zero-order valence-corrected chi connectivity index (χ0v) is 10.8. The van der Waals surface area contributed by atoms with Crippen LogP contribution in [0.1, 0.15) is 28.9 Å². The molecule has 5 heteroatoms. The molecule has 19 heavy (non-hydrogen) atoms. The molecule has 2 atom stereocenters. The van der Waals surface area contributed by atoms with E-state index in [9.17, 15) is 9.90 Å². The second kappa shape index (κ2) is 5.03. The first-order valence-corrected chi connectivity index (χ1v) is 5.85. The Labute approximate surface area is 111 Å². The van der Waals surface area contributed by atoms with Crippen LogP contribution in [0.4, 0.5) is 0 Å². The molecule has 1 aliphatic rings. The topological polar surface area (TPSA) is 76.0 Å². The minimum Gasteiger partial charge on any atom is -0.507 e. The van der Waals surface area contributed by atoms with Gasteiger partial charge in [-0.2, -0.15) is 0 Å². The van der Waals surface area contributed by atoms with E-state index in [2.05, 4.69) is 6.58 Å². The number of rotatable bonds is 4. The van der Waals surface area contributed by atoms with E-state index in [0.29, 0.717) is 16.9 Å². The molecule has 0 radical (unpaired) electrons. The lowest BCUT2D eigenvalue weighted by Crippen LogP contribution is -2.23. The van der Waals surface area contributed by atoms with Gasteiger partial charge in [-0.25, -0.2) is 0 Å². The zero-order chi connectivity index (χ0) is 14.2. The van der Waals surface area contributed by atoms with Crippen LogP contribution < -0.4 is 4.74 Å². The third-order valence-electron chi connectivity index (χ3n) is 3.20. The highest BCUT2D eigenvalue weighted by atomic mass is 16.5. The summed E-state index contributed by atoms with van der Waals surface area (Å²) < 4.78 is 11.0. The molecule has 1 aromatic carbocycles. The van der Waals surface area contributed by atoms with Crippen LogP contribution in [0.15, 0.2) is 24.3 Å². The van der Waals surface area contributed by atoms with Crippen LogP contribution in [0.2, 0.25) is 0 Å². The summed E-state index contributed by atoms with van der Waals surface area (Å²) in [6.45, 7) is 4.88. The van der Waals surface area contributed by atoms with Crippen LogP contribution in [-0.4, -0.2) is 35.8 Å². The minimum absolute atomic E-state index is 0.104. The summed E-state index contributed by atoms with van der Waals surface area (Å²) in [6, 6.07) is 2.95. The maximum Gasteiger partial charge on any atom is 0.163 e. The minimum atomic E-state index is -0.522. The first kappa shape index (κ1) is 13.6. The zero-order valence-electron chi connectivity index (χ0n) is 10.8. The first-order valence-electron chi connectivity index (χ1n) is 5.85.